The molecule has 1 N–H and O–H groups in total. The number of aromatic nitrogens is 2. The largest absolute Gasteiger partial charge is 0.353 e. The van der Waals surface area contributed by atoms with Gasteiger partial charge in [-0.25, -0.2) is 0 Å². The molecule has 5 heteroatoms. The van der Waals surface area contributed by atoms with Crippen LogP contribution in [-0.4, -0.2) is 39.7 Å². The second kappa shape index (κ2) is 4.96. The highest BCUT2D eigenvalue weighted by Crippen LogP contribution is 2.41. The van der Waals surface area contributed by atoms with Crippen LogP contribution in [0.2, 0.25) is 0 Å². The first-order chi connectivity index (χ1) is 9.20. The summed E-state index contributed by atoms with van der Waals surface area (Å²) in [6.45, 7) is 4.62. The quantitative estimate of drug-likeness (QED) is 0.881. The van der Waals surface area contributed by atoms with Crippen molar-refractivity contribution in [3.63, 3.8) is 0 Å². The summed E-state index contributed by atoms with van der Waals surface area (Å²) < 4.78 is 2.01. The summed E-state index contributed by atoms with van der Waals surface area (Å²) in [5.74, 6) is 0.867. The van der Waals surface area contributed by atoms with Crippen LogP contribution in [0.25, 0.3) is 0 Å². The van der Waals surface area contributed by atoms with Crippen LogP contribution < -0.4 is 5.32 Å². The molecule has 0 radical (unpaired) electrons. The molecule has 1 atom stereocenters. The molecule has 19 heavy (non-hydrogen) atoms. The molecule has 1 aliphatic carbocycles. The summed E-state index contributed by atoms with van der Waals surface area (Å²) in [6.07, 6.45) is 5.41. The third-order valence-electron chi connectivity index (χ3n) is 4.23. The molecular weight excluding hydrogens is 240 g/mol. The highest BCUT2D eigenvalue weighted by Gasteiger charge is 2.32. The van der Waals surface area contributed by atoms with Gasteiger partial charge in [-0.3, -0.25) is 14.4 Å². The zero-order valence-electron chi connectivity index (χ0n) is 11.7. The molecule has 1 saturated carbocycles. The van der Waals surface area contributed by atoms with E-state index < -0.39 is 0 Å². The number of piperazine rings is 1. The third-order valence-corrected chi connectivity index (χ3v) is 4.23. The minimum absolute atomic E-state index is 0.0148. The van der Waals surface area contributed by atoms with Crippen LogP contribution >= 0.6 is 0 Å². The van der Waals surface area contributed by atoms with Crippen molar-refractivity contribution < 1.29 is 4.79 Å². The molecule has 0 spiro atoms. The predicted molar refractivity (Wildman–Crippen MR) is 72.7 cm³/mol. The Kier molecular flexibility index (Phi) is 3.31. The van der Waals surface area contributed by atoms with Crippen LogP contribution in [0.4, 0.5) is 0 Å². The molecule has 1 saturated heterocycles. The third kappa shape index (κ3) is 2.39. The van der Waals surface area contributed by atoms with E-state index in [1.54, 1.807) is 0 Å². The standard InChI is InChI=1S/C14H22N4O/c1-3-12-14(19)15-6-7-18(12)9-11-8-16-17(2)13(11)10-4-5-10/h8,10,12H,3-7,9H2,1-2H3,(H,15,19). The van der Waals surface area contributed by atoms with Crippen LogP contribution in [0.1, 0.15) is 43.4 Å². The van der Waals surface area contributed by atoms with Crippen molar-refractivity contribution in [2.24, 2.45) is 7.05 Å². The maximum Gasteiger partial charge on any atom is 0.237 e. The number of hydrogen-bond acceptors (Lipinski definition) is 3. The number of nitrogens with zero attached hydrogens (tertiary/aromatic N) is 3. The van der Waals surface area contributed by atoms with Gasteiger partial charge >= 0.3 is 0 Å². The Balaban J connectivity index is 1.78. The molecule has 5 nitrogen and oxygen atoms in total. The molecule has 1 amide bonds. The summed E-state index contributed by atoms with van der Waals surface area (Å²) in [6, 6.07) is 0.0148. The van der Waals surface area contributed by atoms with E-state index in [1.807, 2.05) is 17.9 Å². The molecule has 1 aromatic rings. The minimum Gasteiger partial charge on any atom is -0.353 e. The highest BCUT2D eigenvalue weighted by molar-refractivity contribution is 5.82. The Labute approximate surface area is 114 Å². The van der Waals surface area contributed by atoms with E-state index >= 15 is 0 Å². The fourth-order valence-corrected chi connectivity index (χ4v) is 3.11. The second-order valence-electron chi connectivity index (χ2n) is 5.64. The highest BCUT2D eigenvalue weighted by atomic mass is 16.2. The van der Waals surface area contributed by atoms with Crippen molar-refractivity contribution >= 4 is 5.91 Å². The Morgan fingerprint density at radius 3 is 2.95 bits per heavy atom. The topological polar surface area (TPSA) is 50.2 Å². The van der Waals surface area contributed by atoms with Gasteiger partial charge < -0.3 is 5.32 Å². The lowest BCUT2D eigenvalue weighted by molar-refractivity contribution is -0.129. The first-order valence-corrected chi connectivity index (χ1v) is 7.23. The van der Waals surface area contributed by atoms with Crippen molar-refractivity contribution in [2.75, 3.05) is 13.1 Å². The van der Waals surface area contributed by atoms with Crippen LogP contribution in [0.5, 0.6) is 0 Å². The number of rotatable bonds is 4. The van der Waals surface area contributed by atoms with Gasteiger partial charge in [-0.15, -0.1) is 0 Å². The normalized spacial score (nSPS) is 24.5. The zero-order chi connectivity index (χ0) is 13.4. The number of hydrogen-bond donors (Lipinski definition) is 1. The van der Waals surface area contributed by atoms with Gasteiger partial charge in [0.15, 0.2) is 0 Å². The summed E-state index contributed by atoms with van der Waals surface area (Å²) in [5.41, 5.74) is 2.68. The number of aryl methyl sites for hydroxylation is 1. The van der Waals surface area contributed by atoms with Crippen LogP contribution in [0.15, 0.2) is 6.20 Å². The lowest BCUT2D eigenvalue weighted by Crippen LogP contribution is -2.54. The molecular formula is C14H22N4O. The lowest BCUT2D eigenvalue weighted by atomic mass is 10.1. The van der Waals surface area contributed by atoms with Crippen molar-refractivity contribution in [3.8, 4) is 0 Å². The maximum absolute atomic E-state index is 11.9. The Bertz CT molecular complexity index is 478. The smallest absolute Gasteiger partial charge is 0.237 e. The van der Waals surface area contributed by atoms with Crippen molar-refractivity contribution in [2.45, 2.75) is 44.7 Å². The summed E-state index contributed by atoms with van der Waals surface area (Å²) in [4.78, 5) is 14.2. The molecule has 1 aromatic heterocycles. The van der Waals surface area contributed by atoms with E-state index in [4.69, 9.17) is 0 Å². The van der Waals surface area contributed by atoms with Gasteiger partial charge in [0, 0.05) is 43.9 Å². The molecule has 0 aromatic carbocycles. The molecule has 104 valence electrons. The monoisotopic (exact) mass is 262 g/mol. The number of carbonyl (C=O) groups is 1. The molecule has 1 aliphatic heterocycles. The molecule has 2 fully saturated rings. The summed E-state index contributed by atoms with van der Waals surface area (Å²) in [7, 11) is 2.03. The van der Waals surface area contributed by atoms with Gasteiger partial charge in [0.05, 0.1) is 12.2 Å². The zero-order valence-corrected chi connectivity index (χ0v) is 11.7. The van der Waals surface area contributed by atoms with Crippen LogP contribution in [0, 0.1) is 0 Å². The molecule has 1 unspecified atom stereocenters. The Morgan fingerprint density at radius 2 is 2.26 bits per heavy atom. The fraction of sp³-hybridized carbons (Fsp3) is 0.714. The van der Waals surface area contributed by atoms with Gasteiger partial charge in [-0.2, -0.15) is 5.10 Å². The van der Waals surface area contributed by atoms with E-state index in [2.05, 4.69) is 22.2 Å². The lowest BCUT2D eigenvalue weighted by Gasteiger charge is -2.34. The van der Waals surface area contributed by atoms with Gasteiger partial charge in [0.25, 0.3) is 0 Å². The number of amides is 1. The van der Waals surface area contributed by atoms with Gasteiger partial charge in [0.2, 0.25) is 5.91 Å². The van der Waals surface area contributed by atoms with Crippen LogP contribution in [0.3, 0.4) is 0 Å². The fourth-order valence-electron chi connectivity index (χ4n) is 3.11. The minimum atomic E-state index is 0.0148. The molecule has 2 aliphatic rings. The van der Waals surface area contributed by atoms with Gasteiger partial charge in [-0.1, -0.05) is 6.92 Å². The van der Waals surface area contributed by atoms with E-state index in [0.717, 1.165) is 26.1 Å². The average Bonchev–Trinajstić information content (AvgIpc) is 3.15. The average molecular weight is 262 g/mol. The van der Waals surface area contributed by atoms with Crippen molar-refractivity contribution in [1.29, 1.82) is 0 Å². The van der Waals surface area contributed by atoms with Crippen molar-refractivity contribution in [3.05, 3.63) is 17.5 Å². The van der Waals surface area contributed by atoms with Crippen molar-refractivity contribution in [1.82, 2.24) is 20.0 Å². The van der Waals surface area contributed by atoms with Gasteiger partial charge in [0.1, 0.15) is 0 Å². The summed E-state index contributed by atoms with van der Waals surface area (Å²) >= 11 is 0. The van der Waals surface area contributed by atoms with Crippen LogP contribution in [-0.2, 0) is 18.4 Å². The van der Waals surface area contributed by atoms with E-state index in [1.165, 1.54) is 24.1 Å². The molecule has 3 rings (SSSR count). The molecule has 0 bridgehead atoms. The Morgan fingerprint density at radius 1 is 1.47 bits per heavy atom. The summed E-state index contributed by atoms with van der Waals surface area (Å²) in [5, 5.41) is 7.35. The SMILES string of the molecule is CCC1C(=O)NCCN1Cc1cnn(C)c1C1CC1. The first kappa shape index (κ1) is 12.7. The van der Waals surface area contributed by atoms with Gasteiger partial charge in [-0.05, 0) is 19.3 Å². The number of carbonyl (C=O) groups excluding carboxylic acids is 1. The number of nitrogens with one attached hydrogen (secondary N) is 1. The second-order valence-corrected chi connectivity index (χ2v) is 5.64. The van der Waals surface area contributed by atoms with E-state index in [0.29, 0.717) is 5.92 Å². The molecule has 2 heterocycles. The Hall–Kier alpha value is -1.36. The van der Waals surface area contributed by atoms with E-state index in [-0.39, 0.29) is 11.9 Å². The predicted octanol–water partition coefficient (Wildman–Crippen LogP) is 1.01. The first-order valence-electron chi connectivity index (χ1n) is 7.23. The maximum atomic E-state index is 11.9. The van der Waals surface area contributed by atoms with E-state index in [9.17, 15) is 4.79 Å².